The molecule has 9 nitrogen and oxygen atoms in total. The van der Waals surface area contributed by atoms with Gasteiger partial charge in [0.25, 0.3) is 0 Å². The first-order valence-corrected chi connectivity index (χ1v) is 36.4. The smallest absolute Gasteiger partial charge is 0.220 e. The van der Waals surface area contributed by atoms with Crippen molar-refractivity contribution in [2.45, 2.75) is 320 Å². The minimum absolute atomic E-state index is 0.229. The van der Waals surface area contributed by atoms with Gasteiger partial charge in [-0.15, -0.1) is 0 Å². The van der Waals surface area contributed by atoms with Gasteiger partial charge in [0.1, 0.15) is 24.4 Å². The van der Waals surface area contributed by atoms with Crippen molar-refractivity contribution in [1.29, 1.82) is 0 Å². The highest BCUT2D eigenvalue weighted by Gasteiger charge is 2.44. The van der Waals surface area contributed by atoms with E-state index in [0.717, 1.165) is 109 Å². The molecule has 1 saturated heterocycles. The number of ether oxygens (including phenoxy) is 2. The third-order valence-electron chi connectivity index (χ3n) is 16.0. The Labute approximate surface area is 551 Å². The molecule has 1 amide bonds. The van der Waals surface area contributed by atoms with Crippen LogP contribution < -0.4 is 5.32 Å². The maximum Gasteiger partial charge on any atom is 0.220 e. The van der Waals surface area contributed by atoms with Gasteiger partial charge in [-0.2, -0.15) is 0 Å². The van der Waals surface area contributed by atoms with E-state index in [1.54, 1.807) is 6.08 Å². The number of aliphatic hydroxyl groups excluding tert-OH is 5. The maximum absolute atomic E-state index is 13.1. The van der Waals surface area contributed by atoms with Gasteiger partial charge in [0.2, 0.25) is 5.91 Å². The predicted molar refractivity (Wildman–Crippen MR) is 386 cm³/mol. The summed E-state index contributed by atoms with van der Waals surface area (Å²) in [6.07, 6.45) is 100. The number of rotatable bonds is 61. The van der Waals surface area contributed by atoms with E-state index in [0.29, 0.717) is 6.42 Å². The summed E-state index contributed by atoms with van der Waals surface area (Å²) in [6.45, 7) is 3.64. The van der Waals surface area contributed by atoms with Crippen LogP contribution in [0.2, 0.25) is 0 Å². The number of nitrogens with one attached hydrogen (secondary N) is 1. The van der Waals surface area contributed by atoms with Crippen molar-refractivity contribution in [2.24, 2.45) is 0 Å². The van der Waals surface area contributed by atoms with Crippen LogP contribution in [0.1, 0.15) is 277 Å². The molecule has 0 aromatic carbocycles. The molecule has 0 saturated carbocycles. The van der Waals surface area contributed by atoms with Gasteiger partial charge < -0.3 is 40.3 Å². The molecule has 90 heavy (non-hydrogen) atoms. The Morgan fingerprint density at radius 3 is 1.07 bits per heavy atom. The molecule has 1 rings (SSSR count). The first-order chi connectivity index (χ1) is 44.3. The van der Waals surface area contributed by atoms with Crippen LogP contribution in [-0.4, -0.2) is 87.5 Å². The van der Waals surface area contributed by atoms with E-state index in [1.165, 1.54) is 141 Å². The minimum atomic E-state index is -1.59. The third kappa shape index (κ3) is 55.2. The Morgan fingerprint density at radius 2 is 0.700 bits per heavy atom. The van der Waals surface area contributed by atoms with Gasteiger partial charge in [0.15, 0.2) is 6.29 Å². The molecule has 7 unspecified atom stereocenters. The average Bonchev–Trinajstić information content (AvgIpc) is 2.75. The summed E-state index contributed by atoms with van der Waals surface area (Å²) in [7, 11) is 0. The van der Waals surface area contributed by atoms with Gasteiger partial charge in [0, 0.05) is 6.42 Å². The molecular weight excluding hydrogens is 1110 g/mol. The number of hydrogen-bond donors (Lipinski definition) is 6. The van der Waals surface area contributed by atoms with E-state index >= 15 is 0 Å². The molecule has 510 valence electrons. The quantitative estimate of drug-likeness (QED) is 0.0261. The standard InChI is InChI=1S/C81H133NO8/c1-3-5-7-9-11-13-15-17-19-21-23-25-27-29-31-33-34-35-36-37-38-39-40-41-42-43-45-47-49-51-53-55-57-59-61-63-65-67-69-71-77(85)82-74(73-89-81-80(88)79(87)78(86)76(72-83)90-81)75(84)70-68-66-64-62-60-58-56-54-52-50-48-46-44-32-30-28-26-24-22-20-18-16-14-12-10-8-6-4-2/h5,7,11,13,17,19,23,25,29,31,34-35,37-38,40-41,43,45,49,51,55,57,60-63,68,70,74-76,78-81,83-84,86-88H,3-4,6,8-10,12,14-16,18,20-22,24,26-28,30,32-33,36,39,42,44,46-48,50,52-54,56,58-59,64-67,69,71-73H2,1-2H3,(H,82,85)/b7-5-,13-11-,19-17-,25-23-,31-29-,35-34-,38-37-,41-40-,45-43-,51-49-,57-55-,62-60+,63-61-,70-68+. The van der Waals surface area contributed by atoms with Gasteiger partial charge in [-0.1, -0.05) is 319 Å². The van der Waals surface area contributed by atoms with Crippen molar-refractivity contribution in [3.8, 4) is 0 Å². The number of allylic oxidation sites excluding steroid dienone is 27. The zero-order chi connectivity index (χ0) is 64.9. The van der Waals surface area contributed by atoms with Gasteiger partial charge in [-0.3, -0.25) is 4.79 Å². The van der Waals surface area contributed by atoms with Crippen LogP contribution >= 0.6 is 0 Å². The van der Waals surface area contributed by atoms with E-state index in [4.69, 9.17) is 9.47 Å². The molecule has 1 aliphatic heterocycles. The molecule has 0 aliphatic carbocycles. The number of hydrogen-bond acceptors (Lipinski definition) is 8. The zero-order valence-electron chi connectivity index (χ0n) is 57.1. The highest BCUT2D eigenvalue weighted by atomic mass is 16.7. The Hall–Kier alpha value is -4.45. The summed E-state index contributed by atoms with van der Waals surface area (Å²) < 4.78 is 11.3. The normalized spacial score (nSPS) is 18.9. The van der Waals surface area contributed by atoms with Crippen molar-refractivity contribution < 1.29 is 39.8 Å². The van der Waals surface area contributed by atoms with Crippen LogP contribution in [-0.2, 0) is 14.3 Å². The third-order valence-corrected chi connectivity index (χ3v) is 16.0. The van der Waals surface area contributed by atoms with E-state index in [2.05, 4.69) is 177 Å². The zero-order valence-corrected chi connectivity index (χ0v) is 57.1. The van der Waals surface area contributed by atoms with Crippen molar-refractivity contribution in [2.75, 3.05) is 13.2 Å². The topological polar surface area (TPSA) is 149 Å². The van der Waals surface area contributed by atoms with Gasteiger partial charge >= 0.3 is 0 Å². The summed E-state index contributed by atoms with van der Waals surface area (Å²) in [5.74, 6) is -0.233. The average molecular weight is 1250 g/mol. The second-order valence-corrected chi connectivity index (χ2v) is 24.3. The second-order valence-electron chi connectivity index (χ2n) is 24.3. The maximum atomic E-state index is 13.1. The highest BCUT2D eigenvalue weighted by Crippen LogP contribution is 2.23. The number of carbonyl (C=O) groups excluding carboxylic acids is 1. The number of unbranched alkanes of at least 4 members (excludes halogenated alkanes) is 25. The van der Waals surface area contributed by atoms with E-state index in [-0.39, 0.29) is 18.9 Å². The summed E-state index contributed by atoms with van der Waals surface area (Å²) >= 11 is 0. The number of carbonyl (C=O) groups is 1. The summed E-state index contributed by atoms with van der Waals surface area (Å²) in [5, 5.41) is 54.7. The molecule has 0 radical (unpaired) electrons. The first kappa shape index (κ1) is 83.6. The van der Waals surface area contributed by atoms with Crippen molar-refractivity contribution in [1.82, 2.24) is 5.32 Å². The number of amides is 1. The van der Waals surface area contributed by atoms with Crippen LogP contribution in [0.25, 0.3) is 0 Å². The van der Waals surface area contributed by atoms with Gasteiger partial charge in [-0.25, -0.2) is 0 Å². The summed E-state index contributed by atoms with van der Waals surface area (Å²) in [5.41, 5.74) is 0. The lowest BCUT2D eigenvalue weighted by atomic mass is 9.99. The molecule has 0 aromatic rings. The SMILES string of the molecule is CC/C=C\C/C=C\C/C=C\C/C=C\C/C=C\C/C=C\C/C=C\C/C=C\C/C=C\C/C=C\C/C=C\C/C=C\CCCCC(=O)NC(COC1OC(CO)C(O)C(O)C1O)C(O)/C=C/CC/C=C/CCCCCCCCCCCCCCCCCCCCCCCC. The van der Waals surface area contributed by atoms with Gasteiger partial charge in [0.05, 0.1) is 25.4 Å². The lowest BCUT2D eigenvalue weighted by Crippen LogP contribution is -2.60. The lowest BCUT2D eigenvalue weighted by Gasteiger charge is -2.40. The molecular formula is C81H133NO8. The van der Waals surface area contributed by atoms with Crippen LogP contribution in [0.4, 0.5) is 0 Å². The molecule has 1 fully saturated rings. The van der Waals surface area contributed by atoms with Crippen molar-refractivity contribution >= 4 is 5.91 Å². The lowest BCUT2D eigenvalue weighted by molar-refractivity contribution is -0.302. The molecule has 9 heteroatoms. The molecule has 6 N–H and O–H groups in total. The molecule has 1 aliphatic rings. The molecule has 1 heterocycles. The Morgan fingerprint density at radius 1 is 0.389 bits per heavy atom. The molecule has 0 spiro atoms. The number of aliphatic hydroxyl groups is 5. The molecule has 7 atom stereocenters. The van der Waals surface area contributed by atoms with Gasteiger partial charge in [-0.05, 0) is 122 Å². The Kier molecular flexibility index (Phi) is 62.6. The fourth-order valence-electron chi connectivity index (χ4n) is 10.4. The first-order valence-electron chi connectivity index (χ1n) is 36.4. The Balaban J connectivity index is 2.22. The van der Waals surface area contributed by atoms with Crippen LogP contribution in [0.3, 0.4) is 0 Å². The van der Waals surface area contributed by atoms with Crippen LogP contribution in [0.5, 0.6) is 0 Å². The monoisotopic (exact) mass is 1250 g/mol. The van der Waals surface area contributed by atoms with Crippen LogP contribution in [0, 0.1) is 0 Å². The van der Waals surface area contributed by atoms with Crippen LogP contribution in [0.15, 0.2) is 170 Å². The minimum Gasteiger partial charge on any atom is -0.394 e. The Bertz CT molecular complexity index is 2030. The van der Waals surface area contributed by atoms with E-state index < -0.39 is 49.5 Å². The fraction of sp³-hybridized carbons (Fsp3) is 0.642. The van der Waals surface area contributed by atoms with E-state index in [9.17, 15) is 30.3 Å². The largest absolute Gasteiger partial charge is 0.394 e. The second kappa shape index (κ2) is 67.4. The van der Waals surface area contributed by atoms with E-state index in [1.807, 2.05) is 6.08 Å². The summed E-state index contributed by atoms with van der Waals surface area (Å²) in [6, 6.07) is -0.860. The fourth-order valence-corrected chi connectivity index (χ4v) is 10.4. The summed E-state index contributed by atoms with van der Waals surface area (Å²) in [4.78, 5) is 13.1. The van der Waals surface area contributed by atoms with Crippen molar-refractivity contribution in [3.63, 3.8) is 0 Å². The predicted octanol–water partition coefficient (Wildman–Crippen LogP) is 20.5. The molecule has 0 aromatic heterocycles. The highest BCUT2D eigenvalue weighted by molar-refractivity contribution is 5.76. The van der Waals surface area contributed by atoms with Crippen molar-refractivity contribution in [3.05, 3.63) is 170 Å². The molecule has 0 bridgehead atoms.